The van der Waals surface area contributed by atoms with Crippen molar-refractivity contribution in [2.75, 3.05) is 6.54 Å². The van der Waals surface area contributed by atoms with E-state index in [0.717, 1.165) is 11.0 Å². The third-order valence-corrected chi connectivity index (χ3v) is 7.37. The van der Waals surface area contributed by atoms with Gasteiger partial charge in [-0.3, -0.25) is 0 Å². The van der Waals surface area contributed by atoms with E-state index >= 15 is 0 Å². The molecule has 1 aliphatic carbocycles. The second-order valence-corrected chi connectivity index (χ2v) is 8.54. The van der Waals surface area contributed by atoms with Crippen molar-refractivity contribution in [3.05, 3.63) is 55.1 Å². The van der Waals surface area contributed by atoms with Gasteiger partial charge in [-0.15, -0.1) is 11.3 Å². The number of nitrogens with one attached hydrogen (secondary N) is 1. The molecule has 1 aliphatic rings. The van der Waals surface area contributed by atoms with Crippen LogP contribution >= 0.6 is 43.2 Å². The molecule has 1 atom stereocenters. The Morgan fingerprint density at radius 3 is 2.45 bits per heavy atom. The molecule has 0 radical (unpaired) electrons. The van der Waals surface area contributed by atoms with Gasteiger partial charge in [0.25, 0.3) is 0 Å². The lowest BCUT2D eigenvalue weighted by molar-refractivity contribution is 0.446. The number of halogens is 2. The Morgan fingerprint density at radius 1 is 1.25 bits per heavy atom. The second-order valence-electron chi connectivity index (χ2n) is 5.28. The van der Waals surface area contributed by atoms with Crippen molar-refractivity contribution < 1.29 is 0 Å². The molecular formula is C16H17Br2NS. The van der Waals surface area contributed by atoms with Crippen molar-refractivity contribution in [3.8, 4) is 0 Å². The number of benzene rings is 1. The molecule has 1 saturated carbocycles. The highest BCUT2D eigenvalue weighted by molar-refractivity contribution is 9.13. The van der Waals surface area contributed by atoms with Crippen LogP contribution in [-0.4, -0.2) is 6.54 Å². The number of hydrogen-bond acceptors (Lipinski definition) is 2. The number of thiophene rings is 1. The predicted octanol–water partition coefficient (Wildman–Crippen LogP) is 5.66. The molecule has 0 spiro atoms. The number of likely N-dealkylation sites (N-methyl/N-ethyl adjacent to an activating group) is 1. The Labute approximate surface area is 141 Å². The molecule has 1 nitrogen and oxygen atoms in total. The van der Waals surface area contributed by atoms with Crippen LogP contribution < -0.4 is 5.32 Å². The van der Waals surface area contributed by atoms with Gasteiger partial charge in [-0.1, -0.05) is 37.3 Å². The topological polar surface area (TPSA) is 12.0 Å². The summed E-state index contributed by atoms with van der Waals surface area (Å²) >= 11 is 9.07. The Balaban J connectivity index is 1.99. The van der Waals surface area contributed by atoms with Crippen molar-refractivity contribution in [3.63, 3.8) is 0 Å². The zero-order chi connectivity index (χ0) is 14.2. The molecule has 1 N–H and O–H groups in total. The fourth-order valence-corrected chi connectivity index (χ4v) is 5.21. The number of rotatable bonds is 5. The molecule has 0 bridgehead atoms. The van der Waals surface area contributed by atoms with Crippen LogP contribution in [0.3, 0.4) is 0 Å². The molecule has 4 heteroatoms. The van der Waals surface area contributed by atoms with Gasteiger partial charge in [0.2, 0.25) is 0 Å². The highest BCUT2D eigenvalue weighted by atomic mass is 79.9. The van der Waals surface area contributed by atoms with Gasteiger partial charge < -0.3 is 5.32 Å². The summed E-state index contributed by atoms with van der Waals surface area (Å²) in [7, 11) is 0. The fourth-order valence-electron chi connectivity index (χ4n) is 2.93. The second kappa shape index (κ2) is 5.91. The van der Waals surface area contributed by atoms with Gasteiger partial charge in [0.05, 0.1) is 9.83 Å². The van der Waals surface area contributed by atoms with Crippen LogP contribution in [0.5, 0.6) is 0 Å². The van der Waals surface area contributed by atoms with Gasteiger partial charge >= 0.3 is 0 Å². The lowest BCUT2D eigenvalue weighted by Gasteiger charge is -2.27. The first-order valence-corrected chi connectivity index (χ1v) is 9.31. The maximum Gasteiger partial charge on any atom is 0.0843 e. The molecule has 1 unspecified atom stereocenters. The Morgan fingerprint density at radius 2 is 1.95 bits per heavy atom. The van der Waals surface area contributed by atoms with Crippen molar-refractivity contribution in [1.82, 2.24) is 5.32 Å². The van der Waals surface area contributed by atoms with Crippen LogP contribution in [0.1, 0.15) is 36.2 Å². The average Bonchev–Trinajstić information content (AvgIpc) is 3.20. The Kier molecular flexibility index (Phi) is 4.37. The Bertz CT molecular complexity index is 570. The van der Waals surface area contributed by atoms with E-state index in [1.807, 2.05) is 11.3 Å². The van der Waals surface area contributed by atoms with Crippen LogP contribution in [-0.2, 0) is 5.41 Å². The summed E-state index contributed by atoms with van der Waals surface area (Å²) in [5.41, 5.74) is 1.74. The van der Waals surface area contributed by atoms with E-state index in [4.69, 9.17) is 0 Å². The normalized spacial score (nSPS) is 17.9. The smallest absolute Gasteiger partial charge is 0.0843 e. The summed E-state index contributed by atoms with van der Waals surface area (Å²) in [4.78, 5) is 1.41. The molecule has 2 aromatic rings. The summed E-state index contributed by atoms with van der Waals surface area (Å²) in [6.45, 7) is 3.18. The minimum absolute atomic E-state index is 0.279. The molecule has 0 saturated heterocycles. The minimum atomic E-state index is 0.279. The van der Waals surface area contributed by atoms with Crippen molar-refractivity contribution in [1.29, 1.82) is 0 Å². The van der Waals surface area contributed by atoms with Gasteiger partial charge in [0.1, 0.15) is 0 Å². The summed E-state index contributed by atoms with van der Waals surface area (Å²) in [5, 5.41) is 3.71. The standard InChI is InChI=1S/C16H17Br2NS/c1-2-19-14(13-10-12(17)15(18)20-13)16(8-9-16)11-6-4-3-5-7-11/h3-7,10,14,19H,2,8-9H2,1H3. The fraction of sp³-hybridized carbons (Fsp3) is 0.375. The predicted molar refractivity (Wildman–Crippen MR) is 93.5 cm³/mol. The molecule has 1 heterocycles. The van der Waals surface area contributed by atoms with E-state index in [1.54, 1.807) is 0 Å². The molecule has 1 fully saturated rings. The minimum Gasteiger partial charge on any atom is -0.309 e. The van der Waals surface area contributed by atoms with Gasteiger partial charge in [-0.25, -0.2) is 0 Å². The highest BCUT2D eigenvalue weighted by Gasteiger charge is 2.51. The largest absolute Gasteiger partial charge is 0.309 e. The highest BCUT2D eigenvalue weighted by Crippen LogP contribution is 2.58. The van der Waals surface area contributed by atoms with E-state index < -0.39 is 0 Å². The molecule has 3 rings (SSSR count). The summed E-state index contributed by atoms with van der Waals surface area (Å²) in [6.07, 6.45) is 2.53. The zero-order valence-corrected chi connectivity index (χ0v) is 15.3. The van der Waals surface area contributed by atoms with E-state index in [1.165, 1.54) is 27.1 Å². The van der Waals surface area contributed by atoms with Crippen LogP contribution in [0.2, 0.25) is 0 Å². The number of hydrogen-bond donors (Lipinski definition) is 1. The van der Waals surface area contributed by atoms with E-state index in [-0.39, 0.29) is 5.41 Å². The first kappa shape index (κ1) is 14.8. The van der Waals surface area contributed by atoms with E-state index in [0.29, 0.717) is 6.04 Å². The third kappa shape index (κ3) is 2.63. The molecule has 106 valence electrons. The molecular weight excluding hydrogens is 398 g/mol. The lowest BCUT2D eigenvalue weighted by atomic mass is 9.87. The monoisotopic (exact) mass is 413 g/mol. The Hall–Kier alpha value is -0.160. The van der Waals surface area contributed by atoms with E-state index in [2.05, 4.69) is 80.5 Å². The zero-order valence-electron chi connectivity index (χ0n) is 11.3. The maximum absolute atomic E-state index is 3.71. The average molecular weight is 415 g/mol. The lowest BCUT2D eigenvalue weighted by Crippen LogP contribution is -2.31. The van der Waals surface area contributed by atoms with Crippen molar-refractivity contribution in [2.24, 2.45) is 0 Å². The summed E-state index contributed by atoms with van der Waals surface area (Å²) in [5.74, 6) is 0. The maximum atomic E-state index is 3.71. The van der Waals surface area contributed by atoms with Gasteiger partial charge in [-0.05, 0) is 62.9 Å². The van der Waals surface area contributed by atoms with E-state index in [9.17, 15) is 0 Å². The SMILES string of the molecule is CCNC(c1cc(Br)c(Br)s1)C1(c2ccccc2)CC1. The van der Waals surface area contributed by atoms with Crippen LogP contribution in [0.4, 0.5) is 0 Å². The van der Waals surface area contributed by atoms with Crippen LogP contribution in [0.25, 0.3) is 0 Å². The third-order valence-electron chi connectivity index (χ3n) is 4.05. The molecule has 20 heavy (non-hydrogen) atoms. The molecule has 1 aromatic heterocycles. The van der Waals surface area contributed by atoms with Gasteiger partial charge in [-0.2, -0.15) is 0 Å². The van der Waals surface area contributed by atoms with Crippen molar-refractivity contribution >= 4 is 43.2 Å². The molecule has 0 amide bonds. The van der Waals surface area contributed by atoms with Crippen LogP contribution in [0.15, 0.2) is 44.7 Å². The molecule has 1 aromatic carbocycles. The molecule has 0 aliphatic heterocycles. The first-order valence-electron chi connectivity index (χ1n) is 6.91. The first-order chi connectivity index (χ1) is 9.67. The van der Waals surface area contributed by atoms with Crippen molar-refractivity contribution in [2.45, 2.75) is 31.2 Å². The quantitative estimate of drug-likeness (QED) is 0.665. The van der Waals surface area contributed by atoms with Gasteiger partial charge in [0.15, 0.2) is 0 Å². The summed E-state index contributed by atoms with van der Waals surface area (Å²) in [6, 6.07) is 13.6. The van der Waals surface area contributed by atoms with Crippen LogP contribution in [0, 0.1) is 0 Å². The van der Waals surface area contributed by atoms with Gasteiger partial charge in [0, 0.05) is 14.8 Å². The summed E-state index contributed by atoms with van der Waals surface area (Å²) < 4.78 is 2.34.